The predicted octanol–water partition coefficient (Wildman–Crippen LogP) is 1.47. The van der Waals surface area contributed by atoms with Gasteiger partial charge in [-0.2, -0.15) is 0 Å². The maximum atomic E-state index is 12.4. The Bertz CT molecular complexity index is 825. The molecule has 0 aromatic heterocycles. The second-order valence-electron chi connectivity index (χ2n) is 5.31. The summed E-state index contributed by atoms with van der Waals surface area (Å²) in [7, 11) is 4.45. The minimum Gasteiger partial charge on any atom is -0.493 e. The first-order valence-electron chi connectivity index (χ1n) is 7.93. The minimum absolute atomic E-state index is 0.0411. The van der Waals surface area contributed by atoms with E-state index in [0.29, 0.717) is 28.4 Å². The Morgan fingerprint density at radius 3 is 2.04 bits per heavy atom. The summed E-state index contributed by atoms with van der Waals surface area (Å²) in [5.41, 5.74) is 2.91. The Kier molecular flexibility index (Phi) is 6.79. The number of methoxy groups -OCH3 is 3. The molecule has 0 radical (unpaired) electrons. The zero-order chi connectivity index (χ0) is 19.8. The molecule has 0 atom stereocenters. The molecule has 8 nitrogen and oxygen atoms in total. The van der Waals surface area contributed by atoms with E-state index in [2.05, 4.69) is 5.32 Å². The molecule has 0 saturated heterocycles. The molecular formula is C19H21N3O5. The highest BCUT2D eigenvalue weighted by atomic mass is 16.5. The molecule has 27 heavy (non-hydrogen) atoms. The number of nitrogens with one attached hydrogen (secondary N) is 2. The zero-order valence-electron chi connectivity index (χ0n) is 15.2. The summed E-state index contributed by atoms with van der Waals surface area (Å²) in [6.45, 7) is 0. The Labute approximate surface area is 156 Å². The average Bonchev–Trinajstić information content (AvgIpc) is 2.72. The smallest absolute Gasteiger partial charge is 0.281 e. The van der Waals surface area contributed by atoms with E-state index < -0.39 is 11.8 Å². The summed E-state index contributed by atoms with van der Waals surface area (Å²) in [4.78, 5) is 24.5. The van der Waals surface area contributed by atoms with Crippen molar-refractivity contribution in [3.05, 3.63) is 59.3 Å². The lowest BCUT2D eigenvalue weighted by Gasteiger charge is -2.14. The number of carbonyl (C=O) groups excluding carboxylic acids is 2. The van der Waals surface area contributed by atoms with E-state index in [1.807, 2.05) is 5.43 Å². The van der Waals surface area contributed by atoms with Crippen molar-refractivity contribution in [2.75, 3.05) is 21.3 Å². The third kappa shape index (κ3) is 4.77. The van der Waals surface area contributed by atoms with Crippen molar-refractivity contribution in [2.45, 2.75) is 0 Å². The number of benzene rings is 2. The van der Waals surface area contributed by atoms with Crippen molar-refractivity contribution in [2.24, 2.45) is 5.84 Å². The molecule has 0 aliphatic carbocycles. The summed E-state index contributed by atoms with van der Waals surface area (Å²) in [6.07, 6.45) is 1.45. The first-order valence-corrected chi connectivity index (χ1v) is 7.93. The van der Waals surface area contributed by atoms with E-state index in [-0.39, 0.29) is 5.70 Å². The highest BCUT2D eigenvalue weighted by Crippen LogP contribution is 2.38. The maximum Gasteiger partial charge on any atom is 0.281 e. The lowest BCUT2D eigenvalue weighted by atomic mass is 10.1. The van der Waals surface area contributed by atoms with Gasteiger partial charge in [-0.25, -0.2) is 5.84 Å². The SMILES string of the molecule is COc1cc(C=C(NC(=O)c2ccccc2)C(=O)NN)cc(OC)c1OC. The van der Waals surface area contributed by atoms with E-state index in [1.54, 1.807) is 42.5 Å². The van der Waals surface area contributed by atoms with Gasteiger partial charge in [-0.05, 0) is 35.9 Å². The highest BCUT2D eigenvalue weighted by Gasteiger charge is 2.16. The van der Waals surface area contributed by atoms with Crippen molar-refractivity contribution in [1.29, 1.82) is 0 Å². The normalized spacial score (nSPS) is 10.7. The largest absolute Gasteiger partial charge is 0.493 e. The lowest BCUT2D eigenvalue weighted by molar-refractivity contribution is -0.117. The van der Waals surface area contributed by atoms with Crippen LogP contribution in [0, 0.1) is 0 Å². The Hall–Kier alpha value is -3.52. The molecule has 0 aliphatic heterocycles. The van der Waals surface area contributed by atoms with Crippen LogP contribution in [0.5, 0.6) is 17.2 Å². The quantitative estimate of drug-likeness (QED) is 0.294. The third-order valence-corrected chi connectivity index (χ3v) is 3.66. The van der Waals surface area contributed by atoms with Crippen LogP contribution >= 0.6 is 0 Å². The van der Waals surface area contributed by atoms with E-state index >= 15 is 0 Å². The third-order valence-electron chi connectivity index (χ3n) is 3.66. The fraction of sp³-hybridized carbons (Fsp3) is 0.158. The molecule has 0 aliphatic rings. The minimum atomic E-state index is -0.659. The number of hydrazine groups is 1. The average molecular weight is 371 g/mol. The number of amides is 2. The molecule has 0 heterocycles. The van der Waals surface area contributed by atoms with Crippen molar-refractivity contribution < 1.29 is 23.8 Å². The summed E-state index contributed by atoms with van der Waals surface area (Å²) in [5.74, 6) is 5.36. The molecule has 0 bridgehead atoms. The molecule has 2 amide bonds. The number of ether oxygens (including phenoxy) is 3. The molecule has 142 valence electrons. The number of rotatable bonds is 7. The van der Waals surface area contributed by atoms with Crippen LogP contribution in [0.4, 0.5) is 0 Å². The van der Waals surface area contributed by atoms with Gasteiger partial charge in [0.1, 0.15) is 5.70 Å². The van der Waals surface area contributed by atoms with Crippen molar-refractivity contribution in [3.63, 3.8) is 0 Å². The molecule has 0 saturated carbocycles. The van der Waals surface area contributed by atoms with Gasteiger partial charge < -0.3 is 19.5 Å². The summed E-state index contributed by atoms with van der Waals surface area (Å²) in [5, 5.41) is 2.55. The Morgan fingerprint density at radius 2 is 1.56 bits per heavy atom. The van der Waals surface area contributed by atoms with Crippen molar-refractivity contribution in [3.8, 4) is 17.2 Å². The van der Waals surface area contributed by atoms with Crippen molar-refractivity contribution >= 4 is 17.9 Å². The van der Waals surface area contributed by atoms with Crippen LogP contribution < -0.4 is 30.8 Å². The van der Waals surface area contributed by atoms with Crippen LogP contribution in [0.25, 0.3) is 6.08 Å². The molecule has 8 heteroatoms. The molecule has 2 rings (SSSR count). The number of hydrogen-bond donors (Lipinski definition) is 3. The first-order chi connectivity index (χ1) is 13.0. The van der Waals surface area contributed by atoms with Gasteiger partial charge in [0.2, 0.25) is 5.75 Å². The summed E-state index contributed by atoms with van der Waals surface area (Å²) in [6, 6.07) is 11.8. The van der Waals surface area contributed by atoms with Crippen LogP contribution in [0.2, 0.25) is 0 Å². The molecule has 0 unspecified atom stereocenters. The van der Waals surface area contributed by atoms with Gasteiger partial charge >= 0.3 is 0 Å². The zero-order valence-corrected chi connectivity index (χ0v) is 15.2. The second-order valence-corrected chi connectivity index (χ2v) is 5.31. The molecule has 2 aromatic rings. The molecular weight excluding hydrogens is 350 g/mol. The van der Waals surface area contributed by atoms with Gasteiger partial charge in [0.05, 0.1) is 21.3 Å². The van der Waals surface area contributed by atoms with E-state index in [4.69, 9.17) is 20.1 Å². The second kappa shape index (κ2) is 9.25. The molecule has 0 spiro atoms. The van der Waals surface area contributed by atoms with E-state index in [0.717, 1.165) is 0 Å². The van der Waals surface area contributed by atoms with Gasteiger partial charge in [0, 0.05) is 5.56 Å². The van der Waals surface area contributed by atoms with Gasteiger partial charge in [-0.15, -0.1) is 0 Å². The fourth-order valence-electron chi connectivity index (χ4n) is 2.37. The van der Waals surface area contributed by atoms with Gasteiger partial charge in [-0.3, -0.25) is 15.0 Å². The Balaban J connectivity index is 2.43. The summed E-state index contributed by atoms with van der Waals surface area (Å²) < 4.78 is 15.9. The summed E-state index contributed by atoms with van der Waals surface area (Å²) >= 11 is 0. The van der Waals surface area contributed by atoms with E-state index in [9.17, 15) is 9.59 Å². The van der Waals surface area contributed by atoms with Gasteiger partial charge in [0.15, 0.2) is 11.5 Å². The predicted molar refractivity (Wildman–Crippen MR) is 100 cm³/mol. The standard InChI is InChI=1S/C19H21N3O5/c1-25-15-10-12(11-16(26-2)17(15)27-3)9-14(19(24)22-20)21-18(23)13-7-5-4-6-8-13/h4-11H,20H2,1-3H3,(H,21,23)(H,22,24). The van der Waals surface area contributed by atoms with Gasteiger partial charge in [-0.1, -0.05) is 18.2 Å². The van der Waals surface area contributed by atoms with E-state index in [1.165, 1.54) is 27.4 Å². The number of hydrogen-bond acceptors (Lipinski definition) is 6. The fourth-order valence-corrected chi connectivity index (χ4v) is 2.37. The maximum absolute atomic E-state index is 12.4. The van der Waals surface area contributed by atoms with Crippen LogP contribution in [0.1, 0.15) is 15.9 Å². The van der Waals surface area contributed by atoms with Crippen molar-refractivity contribution in [1.82, 2.24) is 10.7 Å². The molecule has 2 aromatic carbocycles. The molecule has 0 fully saturated rings. The number of nitrogens with two attached hydrogens (primary N) is 1. The monoisotopic (exact) mass is 371 g/mol. The van der Waals surface area contributed by atoms with Crippen LogP contribution in [-0.4, -0.2) is 33.1 Å². The lowest BCUT2D eigenvalue weighted by Crippen LogP contribution is -2.38. The topological polar surface area (TPSA) is 112 Å². The van der Waals surface area contributed by atoms with Crippen LogP contribution in [0.15, 0.2) is 48.2 Å². The first kappa shape index (κ1) is 19.8. The number of carbonyl (C=O) groups is 2. The Morgan fingerprint density at radius 1 is 0.963 bits per heavy atom. The van der Waals surface area contributed by atoms with Gasteiger partial charge in [0.25, 0.3) is 11.8 Å². The van der Waals surface area contributed by atoms with Crippen LogP contribution in [0.3, 0.4) is 0 Å². The highest BCUT2D eigenvalue weighted by molar-refractivity contribution is 6.05. The van der Waals surface area contributed by atoms with Crippen LogP contribution in [-0.2, 0) is 4.79 Å². The molecule has 4 N–H and O–H groups in total.